The van der Waals surface area contributed by atoms with Gasteiger partial charge in [-0.1, -0.05) is 13.8 Å². The van der Waals surface area contributed by atoms with Gasteiger partial charge < -0.3 is 11.1 Å². The van der Waals surface area contributed by atoms with E-state index in [9.17, 15) is 9.59 Å². The van der Waals surface area contributed by atoms with Gasteiger partial charge in [0.1, 0.15) is 0 Å². The molecule has 1 heterocycles. The van der Waals surface area contributed by atoms with Gasteiger partial charge in [0.25, 0.3) is 0 Å². The molecule has 4 N–H and O–H groups in total. The highest BCUT2D eigenvalue weighted by Crippen LogP contribution is 2.10. The fourth-order valence-corrected chi connectivity index (χ4v) is 1.77. The van der Waals surface area contributed by atoms with Crippen molar-refractivity contribution in [3.8, 4) is 0 Å². The first-order chi connectivity index (χ1) is 7.54. The van der Waals surface area contributed by atoms with Gasteiger partial charge in [0, 0.05) is 13.0 Å². The summed E-state index contributed by atoms with van der Waals surface area (Å²) in [5.74, 6) is 0.467. The van der Waals surface area contributed by atoms with Crippen LogP contribution in [0.15, 0.2) is 0 Å². The largest absolute Gasteiger partial charge is 0.330 e. The maximum absolute atomic E-state index is 11.4. The maximum atomic E-state index is 11.4. The Balaban J connectivity index is 2.37. The molecule has 2 atom stereocenters. The Morgan fingerprint density at radius 2 is 2.19 bits per heavy atom. The predicted molar refractivity (Wildman–Crippen MR) is 61.6 cm³/mol. The van der Waals surface area contributed by atoms with Crippen molar-refractivity contribution in [1.82, 2.24) is 10.6 Å². The van der Waals surface area contributed by atoms with Crippen LogP contribution in [-0.2, 0) is 9.59 Å². The Kier molecular flexibility index (Phi) is 4.89. The molecule has 0 aromatic carbocycles. The third-order valence-electron chi connectivity index (χ3n) is 3.11. The van der Waals surface area contributed by atoms with Gasteiger partial charge in [-0.05, 0) is 24.8 Å². The maximum Gasteiger partial charge on any atom is 0.243 e. The number of nitrogens with one attached hydrogen (secondary N) is 2. The second-order valence-corrected chi connectivity index (χ2v) is 4.65. The van der Waals surface area contributed by atoms with Crippen molar-refractivity contribution in [3.05, 3.63) is 0 Å². The smallest absolute Gasteiger partial charge is 0.243 e. The van der Waals surface area contributed by atoms with Gasteiger partial charge in [-0.3, -0.25) is 14.9 Å². The number of hydrogen-bond acceptors (Lipinski definition) is 4. The quantitative estimate of drug-likeness (QED) is 0.559. The highest BCUT2D eigenvalue weighted by atomic mass is 16.2. The zero-order chi connectivity index (χ0) is 12.1. The van der Waals surface area contributed by atoms with E-state index in [0.29, 0.717) is 31.2 Å². The lowest BCUT2D eigenvalue weighted by atomic mass is 9.95. The van der Waals surface area contributed by atoms with E-state index in [2.05, 4.69) is 24.5 Å². The number of nitrogens with two attached hydrogens (primary N) is 1. The zero-order valence-corrected chi connectivity index (χ0v) is 9.95. The summed E-state index contributed by atoms with van der Waals surface area (Å²) in [6, 6.07) is -0.245. The van der Waals surface area contributed by atoms with Crippen LogP contribution in [0.25, 0.3) is 0 Å². The van der Waals surface area contributed by atoms with E-state index < -0.39 is 0 Å². The summed E-state index contributed by atoms with van der Waals surface area (Å²) in [4.78, 5) is 22.4. The van der Waals surface area contributed by atoms with Crippen LogP contribution in [0, 0.1) is 11.8 Å². The van der Waals surface area contributed by atoms with Crippen molar-refractivity contribution in [1.29, 1.82) is 0 Å². The first-order valence-electron chi connectivity index (χ1n) is 5.81. The molecule has 1 aliphatic rings. The Morgan fingerprint density at radius 1 is 1.50 bits per heavy atom. The van der Waals surface area contributed by atoms with E-state index in [4.69, 9.17) is 5.73 Å². The number of carbonyl (C=O) groups excluding carboxylic acids is 2. The third kappa shape index (κ3) is 3.57. The summed E-state index contributed by atoms with van der Waals surface area (Å²) in [7, 11) is 0. The van der Waals surface area contributed by atoms with E-state index in [0.717, 1.165) is 6.54 Å². The molecule has 5 nitrogen and oxygen atoms in total. The second kappa shape index (κ2) is 5.96. The summed E-state index contributed by atoms with van der Waals surface area (Å²) >= 11 is 0. The molecule has 0 saturated carbocycles. The molecule has 0 spiro atoms. The standard InChI is InChI=1S/C11H21N3O2/c1-7(2)8(5-12)6-13-9-3-4-10(15)14-11(9)16/h7-9,13H,3-6,12H2,1-2H3,(H,14,15,16). The molecule has 0 aromatic heterocycles. The van der Waals surface area contributed by atoms with Crippen LogP contribution in [0.1, 0.15) is 26.7 Å². The molecule has 1 saturated heterocycles. The summed E-state index contributed by atoms with van der Waals surface area (Å²) in [6.45, 7) is 5.56. The van der Waals surface area contributed by atoms with Gasteiger partial charge in [-0.25, -0.2) is 0 Å². The molecule has 0 radical (unpaired) electrons. The summed E-state index contributed by atoms with van der Waals surface area (Å²) in [5.41, 5.74) is 5.65. The predicted octanol–water partition coefficient (Wildman–Crippen LogP) is -0.388. The van der Waals surface area contributed by atoms with Gasteiger partial charge in [0.15, 0.2) is 0 Å². The Labute approximate surface area is 96.1 Å². The van der Waals surface area contributed by atoms with Crippen LogP contribution in [-0.4, -0.2) is 30.9 Å². The third-order valence-corrected chi connectivity index (χ3v) is 3.11. The Bertz CT molecular complexity index is 266. The van der Waals surface area contributed by atoms with E-state index in [1.807, 2.05) is 0 Å². The molecule has 1 rings (SSSR count). The van der Waals surface area contributed by atoms with E-state index >= 15 is 0 Å². The number of imide groups is 1. The van der Waals surface area contributed by atoms with Gasteiger partial charge in [0.2, 0.25) is 11.8 Å². The molecule has 2 unspecified atom stereocenters. The highest BCUT2D eigenvalue weighted by molar-refractivity contribution is 6.00. The number of carbonyl (C=O) groups is 2. The van der Waals surface area contributed by atoms with Gasteiger partial charge in [-0.2, -0.15) is 0 Å². The summed E-state index contributed by atoms with van der Waals surface area (Å²) < 4.78 is 0. The van der Waals surface area contributed by atoms with E-state index in [-0.39, 0.29) is 17.9 Å². The fraction of sp³-hybridized carbons (Fsp3) is 0.818. The number of rotatable bonds is 5. The molecule has 92 valence electrons. The number of piperidine rings is 1. The molecule has 1 fully saturated rings. The molecule has 16 heavy (non-hydrogen) atoms. The lowest BCUT2D eigenvalue weighted by molar-refractivity contribution is -0.134. The SMILES string of the molecule is CC(C)C(CN)CNC1CCC(=O)NC1=O. The molecule has 5 heteroatoms. The van der Waals surface area contributed by atoms with Gasteiger partial charge in [-0.15, -0.1) is 0 Å². The van der Waals surface area contributed by atoms with Crippen molar-refractivity contribution in [3.63, 3.8) is 0 Å². The van der Waals surface area contributed by atoms with Crippen LogP contribution < -0.4 is 16.4 Å². The average molecular weight is 227 g/mol. The molecule has 0 aliphatic carbocycles. The Hall–Kier alpha value is -0.940. The lowest BCUT2D eigenvalue weighted by Crippen LogP contribution is -2.52. The van der Waals surface area contributed by atoms with Gasteiger partial charge in [0.05, 0.1) is 6.04 Å². The van der Waals surface area contributed by atoms with Crippen LogP contribution in [0.5, 0.6) is 0 Å². The van der Waals surface area contributed by atoms with Crippen LogP contribution in [0.4, 0.5) is 0 Å². The fourth-order valence-electron chi connectivity index (χ4n) is 1.77. The van der Waals surface area contributed by atoms with Crippen LogP contribution in [0.2, 0.25) is 0 Å². The van der Waals surface area contributed by atoms with Crippen LogP contribution in [0.3, 0.4) is 0 Å². The first-order valence-corrected chi connectivity index (χ1v) is 5.81. The van der Waals surface area contributed by atoms with E-state index in [1.54, 1.807) is 0 Å². The monoisotopic (exact) mass is 227 g/mol. The van der Waals surface area contributed by atoms with Crippen molar-refractivity contribution >= 4 is 11.8 Å². The minimum absolute atomic E-state index is 0.178. The van der Waals surface area contributed by atoms with Crippen molar-refractivity contribution in [2.75, 3.05) is 13.1 Å². The minimum Gasteiger partial charge on any atom is -0.330 e. The van der Waals surface area contributed by atoms with Crippen molar-refractivity contribution in [2.24, 2.45) is 17.6 Å². The minimum atomic E-state index is -0.245. The average Bonchev–Trinajstić information content (AvgIpc) is 2.21. The lowest BCUT2D eigenvalue weighted by Gasteiger charge is -2.25. The van der Waals surface area contributed by atoms with Gasteiger partial charge >= 0.3 is 0 Å². The molecule has 1 aliphatic heterocycles. The highest BCUT2D eigenvalue weighted by Gasteiger charge is 2.26. The molecule has 2 amide bonds. The molecular formula is C11H21N3O2. The van der Waals surface area contributed by atoms with E-state index in [1.165, 1.54) is 0 Å². The molecule has 0 bridgehead atoms. The normalized spacial score (nSPS) is 23.4. The van der Waals surface area contributed by atoms with Crippen molar-refractivity contribution in [2.45, 2.75) is 32.7 Å². The number of hydrogen-bond donors (Lipinski definition) is 3. The Morgan fingerprint density at radius 3 is 2.69 bits per heavy atom. The summed E-state index contributed by atoms with van der Waals surface area (Å²) in [5, 5.41) is 5.51. The van der Waals surface area contributed by atoms with Crippen LogP contribution >= 0.6 is 0 Å². The topological polar surface area (TPSA) is 84.2 Å². The summed E-state index contributed by atoms with van der Waals surface area (Å²) in [6.07, 6.45) is 0.998. The second-order valence-electron chi connectivity index (χ2n) is 4.65. The molecular weight excluding hydrogens is 206 g/mol. The van der Waals surface area contributed by atoms with Crippen molar-refractivity contribution < 1.29 is 9.59 Å². The zero-order valence-electron chi connectivity index (χ0n) is 9.95. The molecule has 0 aromatic rings. The number of amides is 2. The first kappa shape index (κ1) is 13.1.